The molecule has 2 fully saturated rings. The van der Waals surface area contributed by atoms with E-state index in [1.807, 2.05) is 6.92 Å². The Labute approximate surface area is 99.0 Å². The summed E-state index contributed by atoms with van der Waals surface area (Å²) >= 11 is 0. The van der Waals surface area contributed by atoms with Crippen molar-refractivity contribution in [1.82, 2.24) is 10.6 Å². The second-order valence-electron chi connectivity index (χ2n) is 5.51. The normalized spacial score (nSPS) is 37.5. The summed E-state index contributed by atoms with van der Waals surface area (Å²) in [7, 11) is 0. The molecular weight excluding hydrogens is 200 g/mol. The molecule has 0 aromatic carbocycles. The first-order chi connectivity index (χ1) is 7.77. The molecule has 1 heterocycles. The molecule has 3 nitrogen and oxygen atoms in total. The standard InChI is InChI=1S/C13H26N2O/c1-10(16)9-15-13-7-4-5-11(13)12-6-2-3-8-14-12/h10-16H,2-9H2,1H3/t10-,11?,12?,13?/m1/s1. The van der Waals surface area contributed by atoms with Crippen LogP contribution >= 0.6 is 0 Å². The molecule has 0 amide bonds. The minimum Gasteiger partial charge on any atom is -0.392 e. The predicted octanol–water partition coefficient (Wildman–Crippen LogP) is 1.27. The summed E-state index contributed by atoms with van der Waals surface area (Å²) in [5, 5.41) is 16.5. The van der Waals surface area contributed by atoms with Gasteiger partial charge in [-0.3, -0.25) is 0 Å². The number of rotatable bonds is 4. The van der Waals surface area contributed by atoms with Gasteiger partial charge in [0.15, 0.2) is 0 Å². The Bertz CT molecular complexity index is 202. The van der Waals surface area contributed by atoms with Crippen molar-refractivity contribution in [2.75, 3.05) is 13.1 Å². The Hall–Kier alpha value is -0.120. The lowest BCUT2D eigenvalue weighted by Crippen LogP contribution is -2.47. The molecule has 3 unspecified atom stereocenters. The quantitative estimate of drug-likeness (QED) is 0.676. The van der Waals surface area contributed by atoms with E-state index >= 15 is 0 Å². The summed E-state index contributed by atoms with van der Waals surface area (Å²) in [6.45, 7) is 3.80. The lowest BCUT2D eigenvalue weighted by atomic mass is 9.88. The van der Waals surface area contributed by atoms with Gasteiger partial charge < -0.3 is 15.7 Å². The Morgan fingerprint density at radius 1 is 1.25 bits per heavy atom. The van der Waals surface area contributed by atoms with Crippen LogP contribution in [0.1, 0.15) is 45.4 Å². The van der Waals surface area contributed by atoms with E-state index in [4.69, 9.17) is 0 Å². The molecule has 0 aromatic heterocycles. The van der Waals surface area contributed by atoms with Crippen molar-refractivity contribution in [2.24, 2.45) is 5.92 Å². The highest BCUT2D eigenvalue weighted by molar-refractivity contribution is 4.92. The predicted molar refractivity (Wildman–Crippen MR) is 66.5 cm³/mol. The summed E-state index contributed by atoms with van der Waals surface area (Å²) in [4.78, 5) is 0. The van der Waals surface area contributed by atoms with E-state index in [1.165, 1.54) is 45.1 Å². The van der Waals surface area contributed by atoms with Crippen LogP contribution in [0.3, 0.4) is 0 Å². The molecule has 1 saturated heterocycles. The Morgan fingerprint density at radius 2 is 2.12 bits per heavy atom. The summed E-state index contributed by atoms with van der Waals surface area (Å²) in [6.07, 6.45) is 7.84. The van der Waals surface area contributed by atoms with Crippen LogP contribution in [-0.2, 0) is 0 Å². The highest BCUT2D eigenvalue weighted by atomic mass is 16.3. The van der Waals surface area contributed by atoms with Crippen LogP contribution in [0.4, 0.5) is 0 Å². The van der Waals surface area contributed by atoms with Crippen molar-refractivity contribution in [3.05, 3.63) is 0 Å². The van der Waals surface area contributed by atoms with Gasteiger partial charge in [0, 0.05) is 18.6 Å². The Kier molecular flexibility index (Phi) is 4.62. The molecule has 2 rings (SSSR count). The molecule has 0 radical (unpaired) electrons. The van der Waals surface area contributed by atoms with Crippen molar-refractivity contribution in [3.8, 4) is 0 Å². The highest BCUT2D eigenvalue weighted by Gasteiger charge is 2.33. The van der Waals surface area contributed by atoms with Gasteiger partial charge in [0.1, 0.15) is 0 Å². The van der Waals surface area contributed by atoms with Gasteiger partial charge in [-0.2, -0.15) is 0 Å². The molecule has 0 aromatic rings. The monoisotopic (exact) mass is 226 g/mol. The first-order valence-electron chi connectivity index (χ1n) is 6.92. The first kappa shape index (κ1) is 12.3. The first-order valence-corrected chi connectivity index (χ1v) is 6.92. The molecule has 1 saturated carbocycles. The molecule has 0 spiro atoms. The molecule has 0 bridgehead atoms. The van der Waals surface area contributed by atoms with E-state index in [-0.39, 0.29) is 6.10 Å². The van der Waals surface area contributed by atoms with Crippen LogP contribution in [0.15, 0.2) is 0 Å². The molecular formula is C13H26N2O. The van der Waals surface area contributed by atoms with Crippen LogP contribution in [0.5, 0.6) is 0 Å². The molecule has 1 aliphatic carbocycles. The van der Waals surface area contributed by atoms with Gasteiger partial charge in [-0.1, -0.05) is 12.8 Å². The maximum atomic E-state index is 9.33. The summed E-state index contributed by atoms with van der Waals surface area (Å²) < 4.78 is 0. The topological polar surface area (TPSA) is 44.3 Å². The van der Waals surface area contributed by atoms with Crippen LogP contribution in [0.2, 0.25) is 0 Å². The third-order valence-electron chi connectivity index (χ3n) is 4.11. The average Bonchev–Trinajstić information content (AvgIpc) is 2.75. The van der Waals surface area contributed by atoms with E-state index in [0.717, 1.165) is 18.5 Å². The maximum Gasteiger partial charge on any atom is 0.0636 e. The number of hydrogen-bond acceptors (Lipinski definition) is 3. The van der Waals surface area contributed by atoms with E-state index < -0.39 is 0 Å². The summed E-state index contributed by atoms with van der Waals surface area (Å²) in [6, 6.07) is 1.35. The fraction of sp³-hybridized carbons (Fsp3) is 1.00. The van der Waals surface area contributed by atoms with Crippen LogP contribution in [0.25, 0.3) is 0 Å². The number of piperidine rings is 1. The Morgan fingerprint density at radius 3 is 2.81 bits per heavy atom. The van der Waals surface area contributed by atoms with Gasteiger partial charge in [0.2, 0.25) is 0 Å². The number of aliphatic hydroxyl groups excluding tert-OH is 1. The second kappa shape index (κ2) is 5.99. The van der Waals surface area contributed by atoms with Crippen molar-refractivity contribution in [3.63, 3.8) is 0 Å². The SMILES string of the molecule is C[C@@H](O)CNC1CCCC1C1CCCCN1. The largest absolute Gasteiger partial charge is 0.392 e. The summed E-state index contributed by atoms with van der Waals surface area (Å²) in [5.74, 6) is 0.791. The zero-order chi connectivity index (χ0) is 11.4. The molecule has 3 heteroatoms. The zero-order valence-electron chi connectivity index (χ0n) is 10.4. The van der Waals surface area contributed by atoms with Gasteiger partial charge in [0.05, 0.1) is 6.10 Å². The molecule has 3 N–H and O–H groups in total. The Balaban J connectivity index is 1.82. The molecule has 94 valence electrons. The van der Waals surface area contributed by atoms with Crippen molar-refractivity contribution in [2.45, 2.75) is 63.6 Å². The molecule has 4 atom stereocenters. The van der Waals surface area contributed by atoms with Gasteiger partial charge in [-0.15, -0.1) is 0 Å². The van der Waals surface area contributed by atoms with Crippen molar-refractivity contribution >= 4 is 0 Å². The zero-order valence-corrected chi connectivity index (χ0v) is 10.4. The minimum atomic E-state index is -0.222. The third kappa shape index (κ3) is 3.19. The average molecular weight is 226 g/mol. The fourth-order valence-electron chi connectivity index (χ4n) is 3.29. The number of hydrogen-bond donors (Lipinski definition) is 3. The van der Waals surface area contributed by atoms with Gasteiger partial charge >= 0.3 is 0 Å². The van der Waals surface area contributed by atoms with Gasteiger partial charge in [0.25, 0.3) is 0 Å². The van der Waals surface area contributed by atoms with Gasteiger partial charge in [-0.05, 0) is 45.1 Å². The third-order valence-corrected chi connectivity index (χ3v) is 4.11. The number of nitrogens with one attached hydrogen (secondary N) is 2. The molecule has 2 aliphatic rings. The van der Waals surface area contributed by atoms with Crippen LogP contribution < -0.4 is 10.6 Å². The van der Waals surface area contributed by atoms with E-state index in [9.17, 15) is 5.11 Å². The van der Waals surface area contributed by atoms with Gasteiger partial charge in [-0.25, -0.2) is 0 Å². The maximum absolute atomic E-state index is 9.33. The van der Waals surface area contributed by atoms with Crippen LogP contribution in [0, 0.1) is 5.92 Å². The minimum absolute atomic E-state index is 0.222. The molecule has 16 heavy (non-hydrogen) atoms. The highest BCUT2D eigenvalue weighted by Crippen LogP contribution is 2.31. The van der Waals surface area contributed by atoms with Crippen LogP contribution in [-0.4, -0.2) is 36.4 Å². The second-order valence-corrected chi connectivity index (χ2v) is 5.51. The summed E-state index contributed by atoms with van der Waals surface area (Å²) in [5.41, 5.74) is 0. The van der Waals surface area contributed by atoms with Crippen molar-refractivity contribution < 1.29 is 5.11 Å². The molecule has 1 aliphatic heterocycles. The smallest absolute Gasteiger partial charge is 0.0636 e. The fourth-order valence-corrected chi connectivity index (χ4v) is 3.29. The van der Waals surface area contributed by atoms with E-state index in [2.05, 4.69) is 10.6 Å². The van der Waals surface area contributed by atoms with E-state index in [0.29, 0.717) is 6.04 Å². The van der Waals surface area contributed by atoms with E-state index in [1.54, 1.807) is 0 Å². The lowest BCUT2D eigenvalue weighted by Gasteiger charge is -2.33. The lowest BCUT2D eigenvalue weighted by molar-refractivity contribution is 0.175. The number of aliphatic hydroxyl groups is 1. The van der Waals surface area contributed by atoms with Crippen molar-refractivity contribution in [1.29, 1.82) is 0 Å².